The summed E-state index contributed by atoms with van der Waals surface area (Å²) in [4.78, 5) is 24.7. The maximum Gasteiger partial charge on any atom is 0.144 e. The van der Waals surface area contributed by atoms with Crippen LogP contribution in [-0.2, 0) is 25.7 Å². The van der Waals surface area contributed by atoms with E-state index in [4.69, 9.17) is 24.9 Å². The molecular formula is C69H51N7. The van der Waals surface area contributed by atoms with Gasteiger partial charge in [-0.05, 0) is 178 Å². The van der Waals surface area contributed by atoms with E-state index in [1.54, 1.807) is 0 Å². The number of rotatable bonds is 11. The standard InChI is InChI=1S/C69H51N7/c1-2-10-46(11-3-1)47-19-21-48(22-20-47)64-41-53(65-18-6-7-33-70-65)27-32-63(64)62-17-5-4-16-61(62)56-38-57(68-71-34-36-75(68)59-28-23-49(24-29-59)66-42-51-12-8-14-54(51)44-73-66)40-58(39-56)69-72-35-37-76(69)60-30-25-50(26-31-60)67-43-52-13-9-15-55(52)45-74-67/h1-7,10-11,16-45H,8-9,12-15H2. The molecule has 2 aliphatic carbocycles. The molecule has 362 valence electrons. The van der Waals surface area contributed by atoms with Crippen LogP contribution in [0.3, 0.4) is 0 Å². The molecule has 0 amide bonds. The van der Waals surface area contributed by atoms with Crippen LogP contribution < -0.4 is 0 Å². The molecule has 0 saturated heterocycles. The van der Waals surface area contributed by atoms with Gasteiger partial charge in [-0.25, -0.2) is 9.97 Å². The van der Waals surface area contributed by atoms with E-state index >= 15 is 0 Å². The maximum atomic E-state index is 5.09. The number of imidazole rings is 2. The summed E-state index contributed by atoms with van der Waals surface area (Å²) in [5.41, 5.74) is 24.7. The Kier molecular flexibility index (Phi) is 11.5. The molecule has 0 saturated carbocycles. The van der Waals surface area contributed by atoms with Crippen molar-refractivity contribution in [3.05, 3.63) is 260 Å². The minimum Gasteiger partial charge on any atom is -0.300 e. The van der Waals surface area contributed by atoms with Crippen molar-refractivity contribution in [2.45, 2.75) is 38.5 Å². The summed E-state index contributed by atoms with van der Waals surface area (Å²) in [6, 6.07) is 69.8. The summed E-state index contributed by atoms with van der Waals surface area (Å²) in [6.07, 6.45) is 20.7. The zero-order valence-electron chi connectivity index (χ0n) is 41.9. The predicted octanol–water partition coefficient (Wildman–Crippen LogP) is 16.2. The molecule has 5 aromatic heterocycles. The molecule has 2 aliphatic rings. The number of benzene rings is 7. The van der Waals surface area contributed by atoms with Gasteiger partial charge in [0.25, 0.3) is 0 Å². The number of hydrogen-bond donors (Lipinski definition) is 0. The summed E-state index contributed by atoms with van der Waals surface area (Å²) < 4.78 is 4.36. The smallest absolute Gasteiger partial charge is 0.144 e. The number of fused-ring (bicyclic) bond motifs is 2. The summed E-state index contributed by atoms with van der Waals surface area (Å²) in [6.45, 7) is 0. The van der Waals surface area contributed by atoms with Gasteiger partial charge in [-0.3, -0.25) is 24.1 Å². The Morgan fingerprint density at radius 2 is 0.763 bits per heavy atom. The topological polar surface area (TPSA) is 74.3 Å². The zero-order chi connectivity index (χ0) is 50.4. The Morgan fingerprint density at radius 3 is 1.36 bits per heavy atom. The number of hydrogen-bond acceptors (Lipinski definition) is 5. The van der Waals surface area contributed by atoms with E-state index in [2.05, 4.69) is 216 Å². The third kappa shape index (κ3) is 8.51. The third-order valence-electron chi connectivity index (χ3n) is 15.4. The largest absolute Gasteiger partial charge is 0.300 e. The highest BCUT2D eigenvalue weighted by atomic mass is 15.1. The molecular weight excluding hydrogens is 927 g/mol. The molecule has 12 aromatic rings. The van der Waals surface area contributed by atoms with Crippen molar-refractivity contribution < 1.29 is 0 Å². The van der Waals surface area contributed by atoms with E-state index in [9.17, 15) is 0 Å². The summed E-state index contributed by atoms with van der Waals surface area (Å²) >= 11 is 0. The van der Waals surface area contributed by atoms with E-state index in [0.29, 0.717) is 0 Å². The molecule has 7 nitrogen and oxygen atoms in total. The van der Waals surface area contributed by atoms with Crippen LogP contribution in [0.5, 0.6) is 0 Å². The Labute approximate surface area is 442 Å². The van der Waals surface area contributed by atoms with Crippen LogP contribution >= 0.6 is 0 Å². The second-order valence-corrected chi connectivity index (χ2v) is 20.0. The Morgan fingerprint density at radius 1 is 0.276 bits per heavy atom. The molecule has 14 rings (SSSR count). The molecule has 0 unspecified atom stereocenters. The molecule has 76 heavy (non-hydrogen) atoms. The van der Waals surface area contributed by atoms with Gasteiger partial charge in [-0.2, -0.15) is 0 Å². The first kappa shape index (κ1) is 45.1. The number of aryl methyl sites for hydroxylation is 4. The maximum absolute atomic E-state index is 5.09. The van der Waals surface area contributed by atoms with Crippen molar-refractivity contribution in [3.8, 4) is 112 Å². The van der Waals surface area contributed by atoms with Crippen molar-refractivity contribution in [1.82, 2.24) is 34.1 Å². The summed E-state index contributed by atoms with van der Waals surface area (Å²) in [5.74, 6) is 1.65. The van der Waals surface area contributed by atoms with Crippen LogP contribution in [0.4, 0.5) is 0 Å². The van der Waals surface area contributed by atoms with E-state index in [1.807, 2.05) is 30.7 Å². The summed E-state index contributed by atoms with van der Waals surface area (Å²) in [5, 5.41) is 0. The second-order valence-electron chi connectivity index (χ2n) is 20.0. The number of nitrogens with zero attached hydrogens (tertiary/aromatic N) is 7. The van der Waals surface area contributed by atoms with Gasteiger partial charge in [0, 0.05) is 82.6 Å². The van der Waals surface area contributed by atoms with Gasteiger partial charge in [0.2, 0.25) is 0 Å². The lowest BCUT2D eigenvalue weighted by Gasteiger charge is -2.18. The van der Waals surface area contributed by atoms with Crippen molar-refractivity contribution in [2.75, 3.05) is 0 Å². The van der Waals surface area contributed by atoms with Crippen LogP contribution in [0.2, 0.25) is 0 Å². The molecule has 0 atom stereocenters. The van der Waals surface area contributed by atoms with Crippen molar-refractivity contribution in [2.24, 2.45) is 0 Å². The van der Waals surface area contributed by atoms with E-state index in [0.717, 1.165) is 127 Å². The monoisotopic (exact) mass is 977 g/mol. The van der Waals surface area contributed by atoms with Gasteiger partial charge >= 0.3 is 0 Å². The van der Waals surface area contributed by atoms with Crippen LogP contribution in [-0.4, -0.2) is 34.1 Å². The molecule has 7 heteroatoms. The molecule has 0 fully saturated rings. The fraction of sp³-hybridized carbons (Fsp3) is 0.0870. The average Bonchev–Trinajstić information content (AvgIpc) is 4.36. The minimum atomic E-state index is 0.826. The lowest BCUT2D eigenvalue weighted by atomic mass is 9.87. The first-order valence-electron chi connectivity index (χ1n) is 26.3. The van der Waals surface area contributed by atoms with Crippen molar-refractivity contribution in [1.29, 1.82) is 0 Å². The third-order valence-corrected chi connectivity index (χ3v) is 15.4. The molecule has 5 heterocycles. The molecule has 7 aromatic carbocycles. The highest BCUT2D eigenvalue weighted by Gasteiger charge is 2.21. The van der Waals surface area contributed by atoms with Gasteiger partial charge in [0.05, 0.1) is 17.1 Å². The molecule has 0 bridgehead atoms. The minimum absolute atomic E-state index is 0.826. The second kappa shape index (κ2) is 19.4. The lowest BCUT2D eigenvalue weighted by Crippen LogP contribution is -2.00. The lowest BCUT2D eigenvalue weighted by molar-refractivity contribution is 0.911. The average molecular weight is 978 g/mol. The molecule has 0 spiro atoms. The predicted molar refractivity (Wildman–Crippen MR) is 307 cm³/mol. The van der Waals surface area contributed by atoms with Crippen LogP contribution in [0, 0.1) is 0 Å². The molecule has 0 radical (unpaired) electrons. The first-order chi connectivity index (χ1) is 37.6. The fourth-order valence-corrected chi connectivity index (χ4v) is 11.5. The Hall–Kier alpha value is -9.59. The van der Waals surface area contributed by atoms with Crippen LogP contribution in [0.1, 0.15) is 35.1 Å². The van der Waals surface area contributed by atoms with Crippen LogP contribution in [0.15, 0.2) is 238 Å². The van der Waals surface area contributed by atoms with Gasteiger partial charge < -0.3 is 0 Å². The van der Waals surface area contributed by atoms with Crippen molar-refractivity contribution >= 4 is 0 Å². The quantitative estimate of drug-likeness (QED) is 0.129. The number of aromatic nitrogens is 7. The van der Waals surface area contributed by atoms with Gasteiger partial charge in [-0.15, -0.1) is 0 Å². The van der Waals surface area contributed by atoms with E-state index in [-0.39, 0.29) is 0 Å². The van der Waals surface area contributed by atoms with Gasteiger partial charge in [-0.1, -0.05) is 121 Å². The molecule has 0 aliphatic heterocycles. The SMILES string of the molecule is c1ccc(-c2ccc(-c3cc(-c4ccccn4)ccc3-c3ccccc3-c3cc(-c4nccn4-c4ccc(-c5cc6c(cn5)CCC6)cc4)cc(-c4nccn4-c4ccc(-c5cc6c(cn5)CCC6)cc4)c3)cc2)cc1. The normalized spacial score (nSPS) is 12.7. The highest BCUT2D eigenvalue weighted by Crippen LogP contribution is 2.43. The fourth-order valence-electron chi connectivity index (χ4n) is 11.5. The van der Waals surface area contributed by atoms with Crippen molar-refractivity contribution in [3.63, 3.8) is 0 Å². The summed E-state index contributed by atoms with van der Waals surface area (Å²) in [7, 11) is 0. The van der Waals surface area contributed by atoms with E-state index in [1.165, 1.54) is 46.2 Å². The van der Waals surface area contributed by atoms with Gasteiger partial charge in [0.15, 0.2) is 0 Å². The Balaban J connectivity index is 0.898. The van der Waals surface area contributed by atoms with E-state index < -0.39 is 0 Å². The molecule has 0 N–H and O–H groups in total. The Bertz CT molecular complexity index is 3920. The number of pyridine rings is 3. The van der Waals surface area contributed by atoms with Crippen LogP contribution in [0.25, 0.3) is 112 Å². The first-order valence-corrected chi connectivity index (χ1v) is 26.3. The van der Waals surface area contributed by atoms with Gasteiger partial charge in [0.1, 0.15) is 11.6 Å². The highest BCUT2D eigenvalue weighted by molar-refractivity contribution is 5.95. The zero-order valence-corrected chi connectivity index (χ0v) is 41.9.